The third kappa shape index (κ3) is 3.74. The summed E-state index contributed by atoms with van der Waals surface area (Å²) < 4.78 is 5.99. The fourth-order valence-electron chi connectivity index (χ4n) is 4.70. The Balaban J connectivity index is 1.38. The van der Waals surface area contributed by atoms with E-state index in [1.165, 1.54) is 22.3 Å². The van der Waals surface area contributed by atoms with E-state index in [2.05, 4.69) is 60.4 Å². The molecule has 1 spiro atoms. The maximum absolute atomic E-state index is 10.7. The molecule has 0 unspecified atom stereocenters. The van der Waals surface area contributed by atoms with Gasteiger partial charge in [-0.2, -0.15) is 0 Å². The van der Waals surface area contributed by atoms with Crippen LogP contribution in [0.2, 0.25) is 0 Å². The van der Waals surface area contributed by atoms with Crippen LogP contribution in [0, 0.1) is 6.92 Å². The number of rotatable bonds is 3. The molecule has 0 aromatic heterocycles. The van der Waals surface area contributed by atoms with Gasteiger partial charge in [-0.05, 0) is 48.9 Å². The fraction of sp³-hybridized carbons (Fsp3) is 0.500. The summed E-state index contributed by atoms with van der Waals surface area (Å²) in [7, 11) is 0. The lowest BCUT2D eigenvalue weighted by atomic mass is 9.75. The normalized spacial score (nSPS) is 27.8. The molecule has 28 heavy (non-hydrogen) atoms. The van der Waals surface area contributed by atoms with Crippen molar-refractivity contribution in [3.05, 3.63) is 59.7 Å². The highest BCUT2D eigenvalue weighted by Gasteiger charge is 2.52. The highest BCUT2D eigenvalue weighted by atomic mass is 16.5. The molecule has 0 aliphatic carbocycles. The van der Waals surface area contributed by atoms with Gasteiger partial charge in [0.15, 0.2) is 0 Å². The third-order valence-electron chi connectivity index (χ3n) is 6.60. The minimum Gasteiger partial charge on any atom is -0.387 e. The molecule has 4 heteroatoms. The van der Waals surface area contributed by atoms with Crippen LogP contribution in [0.5, 0.6) is 0 Å². The van der Waals surface area contributed by atoms with Gasteiger partial charge in [-0.15, -0.1) is 0 Å². The van der Waals surface area contributed by atoms with Gasteiger partial charge in [0.2, 0.25) is 0 Å². The zero-order chi connectivity index (χ0) is 19.8. The Morgan fingerprint density at radius 2 is 1.71 bits per heavy atom. The minimum atomic E-state index is -1.05. The third-order valence-corrected chi connectivity index (χ3v) is 6.60. The van der Waals surface area contributed by atoms with Crippen molar-refractivity contribution in [2.45, 2.75) is 57.0 Å². The molecule has 2 aromatic rings. The predicted molar refractivity (Wildman–Crippen MR) is 111 cm³/mol. The van der Waals surface area contributed by atoms with Crippen molar-refractivity contribution in [1.82, 2.24) is 4.90 Å². The van der Waals surface area contributed by atoms with Crippen LogP contribution < -0.4 is 0 Å². The van der Waals surface area contributed by atoms with Crippen molar-refractivity contribution in [1.29, 1.82) is 0 Å². The number of hydrogen-bond acceptors (Lipinski definition) is 4. The Kier molecular flexibility index (Phi) is 5.32. The molecular formula is C24H31NO3. The van der Waals surface area contributed by atoms with Gasteiger partial charge in [0.05, 0.1) is 17.8 Å². The lowest BCUT2D eigenvalue weighted by molar-refractivity contribution is -0.246. The van der Waals surface area contributed by atoms with Gasteiger partial charge in [0.1, 0.15) is 6.10 Å². The van der Waals surface area contributed by atoms with Crippen LogP contribution in [0.15, 0.2) is 48.5 Å². The van der Waals surface area contributed by atoms with Gasteiger partial charge < -0.3 is 14.9 Å². The van der Waals surface area contributed by atoms with Crippen molar-refractivity contribution in [3.8, 4) is 11.1 Å². The highest BCUT2D eigenvalue weighted by Crippen LogP contribution is 2.40. The first-order valence-electron chi connectivity index (χ1n) is 10.3. The summed E-state index contributed by atoms with van der Waals surface area (Å²) in [6, 6.07) is 17.3. The van der Waals surface area contributed by atoms with Gasteiger partial charge in [0, 0.05) is 26.1 Å². The molecule has 0 bridgehead atoms. The summed E-state index contributed by atoms with van der Waals surface area (Å²) in [6.07, 6.45) is 1.19. The molecule has 0 saturated carbocycles. The van der Waals surface area contributed by atoms with Crippen molar-refractivity contribution in [2.24, 2.45) is 0 Å². The standard InChI is InChI=1S/C24H31NO3/c1-18-5-3-4-6-21(18)20-9-7-19(8-10-20)17-25-14-11-24(12-15-25)22(26)23(2,27)13-16-28-24/h3-10,22,26-27H,11-17H2,1-2H3/t22-,23+/m0/s1. The van der Waals surface area contributed by atoms with E-state index < -0.39 is 17.3 Å². The van der Waals surface area contributed by atoms with Gasteiger partial charge in [-0.25, -0.2) is 0 Å². The molecule has 2 aliphatic heterocycles. The smallest absolute Gasteiger partial charge is 0.111 e. The van der Waals surface area contributed by atoms with Crippen LogP contribution in [0.3, 0.4) is 0 Å². The van der Waals surface area contributed by atoms with E-state index in [0.29, 0.717) is 13.0 Å². The number of aliphatic hydroxyl groups is 2. The molecule has 2 saturated heterocycles. The maximum atomic E-state index is 10.7. The molecule has 4 rings (SSSR count). The van der Waals surface area contributed by atoms with Crippen LogP contribution in [-0.4, -0.2) is 52.1 Å². The average Bonchev–Trinajstić information content (AvgIpc) is 2.69. The first kappa shape index (κ1) is 19.6. The number of ether oxygens (including phenoxy) is 1. The first-order valence-corrected chi connectivity index (χ1v) is 10.3. The molecule has 2 atom stereocenters. The number of piperidine rings is 1. The van der Waals surface area contributed by atoms with Crippen LogP contribution in [-0.2, 0) is 11.3 Å². The van der Waals surface area contributed by atoms with Crippen LogP contribution in [0.1, 0.15) is 37.3 Å². The molecule has 2 aromatic carbocycles. The number of likely N-dealkylation sites (tertiary alicyclic amines) is 1. The molecule has 0 radical (unpaired) electrons. The minimum absolute atomic E-state index is 0.493. The zero-order valence-electron chi connectivity index (χ0n) is 16.9. The van der Waals surface area contributed by atoms with E-state index in [1.807, 2.05) is 0 Å². The first-order chi connectivity index (χ1) is 13.4. The summed E-state index contributed by atoms with van der Waals surface area (Å²) in [5.41, 5.74) is 3.48. The topological polar surface area (TPSA) is 52.9 Å². The molecule has 2 heterocycles. The number of nitrogens with zero attached hydrogens (tertiary/aromatic N) is 1. The summed E-state index contributed by atoms with van der Waals surface area (Å²) in [5, 5.41) is 21.1. The number of aryl methyl sites for hydroxylation is 1. The van der Waals surface area contributed by atoms with Gasteiger partial charge >= 0.3 is 0 Å². The SMILES string of the molecule is Cc1ccccc1-c1ccc(CN2CCC3(CC2)OCC[C@@](C)(O)[C@@H]3O)cc1. The van der Waals surface area contributed by atoms with Gasteiger partial charge in [-0.1, -0.05) is 48.5 Å². The summed E-state index contributed by atoms with van der Waals surface area (Å²) in [5.74, 6) is 0. The summed E-state index contributed by atoms with van der Waals surface area (Å²) in [4.78, 5) is 2.41. The monoisotopic (exact) mass is 381 g/mol. The summed E-state index contributed by atoms with van der Waals surface area (Å²) >= 11 is 0. The van der Waals surface area contributed by atoms with Crippen molar-refractivity contribution < 1.29 is 14.9 Å². The zero-order valence-corrected chi connectivity index (χ0v) is 16.9. The Labute approximate surface area is 167 Å². The van der Waals surface area contributed by atoms with Gasteiger partial charge in [-0.3, -0.25) is 4.90 Å². The van der Waals surface area contributed by atoms with E-state index in [-0.39, 0.29) is 0 Å². The van der Waals surface area contributed by atoms with Crippen molar-refractivity contribution in [2.75, 3.05) is 19.7 Å². The number of hydrogen-bond donors (Lipinski definition) is 2. The molecule has 2 N–H and O–H groups in total. The molecule has 0 amide bonds. The van der Waals surface area contributed by atoms with Crippen LogP contribution in [0.4, 0.5) is 0 Å². The quantitative estimate of drug-likeness (QED) is 0.854. The number of benzene rings is 2. The highest BCUT2D eigenvalue weighted by molar-refractivity contribution is 5.67. The Bertz CT molecular complexity index is 807. The van der Waals surface area contributed by atoms with Crippen LogP contribution in [0.25, 0.3) is 11.1 Å². The Hall–Kier alpha value is -1.72. The number of aliphatic hydroxyl groups excluding tert-OH is 1. The Morgan fingerprint density at radius 3 is 2.39 bits per heavy atom. The maximum Gasteiger partial charge on any atom is 0.111 e. The average molecular weight is 382 g/mol. The van der Waals surface area contributed by atoms with Crippen molar-refractivity contribution >= 4 is 0 Å². The Morgan fingerprint density at radius 1 is 1.04 bits per heavy atom. The molecular weight excluding hydrogens is 350 g/mol. The fourth-order valence-corrected chi connectivity index (χ4v) is 4.70. The second-order valence-corrected chi connectivity index (χ2v) is 8.71. The van der Waals surface area contributed by atoms with E-state index in [0.717, 1.165) is 32.5 Å². The molecule has 2 fully saturated rings. The largest absolute Gasteiger partial charge is 0.387 e. The molecule has 4 nitrogen and oxygen atoms in total. The molecule has 2 aliphatic rings. The van der Waals surface area contributed by atoms with Gasteiger partial charge in [0.25, 0.3) is 0 Å². The molecule has 150 valence electrons. The second-order valence-electron chi connectivity index (χ2n) is 8.71. The second kappa shape index (κ2) is 7.60. The lowest BCUT2D eigenvalue weighted by Gasteiger charge is -2.51. The summed E-state index contributed by atoms with van der Waals surface area (Å²) in [6.45, 7) is 7.02. The van der Waals surface area contributed by atoms with E-state index in [1.54, 1.807) is 6.92 Å². The predicted octanol–water partition coefficient (Wildman–Crippen LogP) is 3.53. The van der Waals surface area contributed by atoms with E-state index in [9.17, 15) is 10.2 Å². The van der Waals surface area contributed by atoms with Crippen molar-refractivity contribution in [3.63, 3.8) is 0 Å². The lowest BCUT2D eigenvalue weighted by Crippen LogP contribution is -2.64. The van der Waals surface area contributed by atoms with E-state index in [4.69, 9.17) is 4.74 Å². The van der Waals surface area contributed by atoms with Crippen LogP contribution >= 0.6 is 0 Å². The van der Waals surface area contributed by atoms with E-state index >= 15 is 0 Å².